The van der Waals surface area contributed by atoms with Crippen LogP contribution in [0.25, 0.3) is 0 Å². The predicted molar refractivity (Wildman–Crippen MR) is 72.3 cm³/mol. The van der Waals surface area contributed by atoms with Gasteiger partial charge < -0.3 is 15.4 Å². The lowest BCUT2D eigenvalue weighted by atomic mass is 10.2. The molecule has 0 heterocycles. The molecular weight excluding hydrogens is 300 g/mol. The van der Waals surface area contributed by atoms with Gasteiger partial charge in [0.15, 0.2) is 0 Å². The van der Waals surface area contributed by atoms with E-state index < -0.39 is 0 Å². The summed E-state index contributed by atoms with van der Waals surface area (Å²) in [6.07, 6.45) is 0. The largest absolute Gasteiger partial charge is 0.469 e. The maximum Gasteiger partial charge on any atom is 0.319 e. The van der Waals surface area contributed by atoms with Gasteiger partial charge in [0, 0.05) is 11.0 Å². The number of esters is 1. The third-order valence-corrected chi connectivity index (χ3v) is 2.99. The van der Waals surface area contributed by atoms with E-state index in [0.29, 0.717) is 5.69 Å². The monoisotopic (exact) mass is 314 g/mol. The highest BCUT2D eigenvalue weighted by molar-refractivity contribution is 9.10. The highest BCUT2D eigenvalue weighted by atomic mass is 79.9. The van der Waals surface area contributed by atoms with Crippen molar-refractivity contribution in [2.75, 3.05) is 19.0 Å². The number of hydrogen-bond acceptors (Lipinski definition) is 3. The van der Waals surface area contributed by atoms with Crippen molar-refractivity contribution < 1.29 is 14.3 Å². The van der Waals surface area contributed by atoms with Gasteiger partial charge in [0.05, 0.1) is 18.7 Å². The Hall–Kier alpha value is -1.56. The number of amides is 2. The smallest absolute Gasteiger partial charge is 0.319 e. The first-order valence-corrected chi connectivity index (χ1v) is 6.21. The minimum atomic E-state index is -0.375. The van der Waals surface area contributed by atoms with E-state index in [1.165, 1.54) is 7.11 Å². The van der Waals surface area contributed by atoms with Crippen molar-refractivity contribution in [1.29, 1.82) is 0 Å². The molecule has 2 amide bonds. The average molecular weight is 315 g/mol. The molecule has 1 atom stereocenters. The van der Waals surface area contributed by atoms with Crippen molar-refractivity contribution >= 4 is 33.6 Å². The molecule has 0 bridgehead atoms. The zero-order chi connectivity index (χ0) is 13.5. The maximum atomic E-state index is 11.6. The van der Waals surface area contributed by atoms with E-state index in [9.17, 15) is 9.59 Å². The molecule has 1 unspecified atom stereocenters. The molecule has 98 valence electrons. The number of carbonyl (C=O) groups excluding carboxylic acids is 2. The molecule has 0 aromatic heterocycles. The molecule has 0 saturated carbocycles. The van der Waals surface area contributed by atoms with Crippen molar-refractivity contribution in [3.05, 3.63) is 28.7 Å². The van der Waals surface area contributed by atoms with E-state index in [1.807, 2.05) is 18.2 Å². The summed E-state index contributed by atoms with van der Waals surface area (Å²) in [5.74, 6) is -0.726. The number of nitrogens with one attached hydrogen (secondary N) is 2. The molecular formula is C12H15BrN2O3. The number of carbonyl (C=O) groups is 2. The van der Waals surface area contributed by atoms with Crippen LogP contribution >= 0.6 is 15.9 Å². The topological polar surface area (TPSA) is 67.4 Å². The zero-order valence-electron chi connectivity index (χ0n) is 10.2. The van der Waals surface area contributed by atoms with Gasteiger partial charge in [-0.05, 0) is 28.1 Å². The Kier molecular flexibility index (Phi) is 5.64. The van der Waals surface area contributed by atoms with Crippen LogP contribution in [0.5, 0.6) is 0 Å². The van der Waals surface area contributed by atoms with Crippen molar-refractivity contribution in [1.82, 2.24) is 5.32 Å². The van der Waals surface area contributed by atoms with Crippen LogP contribution in [0.4, 0.5) is 10.5 Å². The quantitative estimate of drug-likeness (QED) is 0.838. The molecule has 1 rings (SSSR count). The van der Waals surface area contributed by atoms with Crippen LogP contribution < -0.4 is 10.6 Å². The number of ether oxygens (including phenoxy) is 1. The van der Waals surface area contributed by atoms with E-state index in [0.717, 1.165) is 4.47 Å². The molecule has 6 heteroatoms. The van der Waals surface area contributed by atoms with E-state index in [-0.39, 0.29) is 24.5 Å². The molecule has 1 aromatic carbocycles. The van der Waals surface area contributed by atoms with Crippen molar-refractivity contribution in [3.8, 4) is 0 Å². The van der Waals surface area contributed by atoms with Crippen LogP contribution in [0.15, 0.2) is 28.7 Å². The van der Waals surface area contributed by atoms with Crippen molar-refractivity contribution in [2.45, 2.75) is 6.92 Å². The third-order valence-electron chi connectivity index (χ3n) is 2.29. The second-order valence-corrected chi connectivity index (χ2v) is 4.59. The Bertz CT molecular complexity index is 437. The number of methoxy groups -OCH3 is 1. The standard InChI is InChI=1S/C12H15BrN2O3/c1-8(11(16)18-2)7-14-12(17)15-10-6-4-3-5-9(10)13/h3-6,8H,7H2,1-2H3,(H2,14,15,17). The van der Waals surface area contributed by atoms with Crippen LogP contribution in [-0.2, 0) is 9.53 Å². The molecule has 18 heavy (non-hydrogen) atoms. The third kappa shape index (κ3) is 4.37. The van der Waals surface area contributed by atoms with Gasteiger partial charge in [-0.15, -0.1) is 0 Å². The summed E-state index contributed by atoms with van der Waals surface area (Å²) >= 11 is 3.32. The Labute approximate surface area is 114 Å². The molecule has 0 aliphatic rings. The fraction of sp³-hybridized carbons (Fsp3) is 0.333. The second-order valence-electron chi connectivity index (χ2n) is 3.74. The lowest BCUT2D eigenvalue weighted by Crippen LogP contribution is -2.35. The molecule has 0 spiro atoms. The van der Waals surface area contributed by atoms with Crippen molar-refractivity contribution in [2.24, 2.45) is 5.92 Å². The summed E-state index contributed by atoms with van der Waals surface area (Å²) < 4.78 is 5.36. The number of hydrogen-bond donors (Lipinski definition) is 2. The molecule has 0 fully saturated rings. The summed E-state index contributed by atoms with van der Waals surface area (Å²) in [5.41, 5.74) is 0.667. The summed E-state index contributed by atoms with van der Waals surface area (Å²) in [7, 11) is 1.32. The minimum Gasteiger partial charge on any atom is -0.469 e. The number of rotatable bonds is 4. The number of benzene rings is 1. The van der Waals surface area contributed by atoms with Crippen LogP contribution in [0.2, 0.25) is 0 Å². The predicted octanol–water partition coefficient (Wildman–Crippen LogP) is 2.38. The molecule has 1 aromatic rings. The Morgan fingerprint density at radius 3 is 2.67 bits per heavy atom. The van der Waals surface area contributed by atoms with E-state index >= 15 is 0 Å². The Morgan fingerprint density at radius 2 is 2.06 bits per heavy atom. The van der Waals surface area contributed by atoms with Crippen molar-refractivity contribution in [3.63, 3.8) is 0 Å². The van der Waals surface area contributed by atoms with Gasteiger partial charge in [0.1, 0.15) is 0 Å². The first-order valence-electron chi connectivity index (χ1n) is 5.41. The highest BCUT2D eigenvalue weighted by Gasteiger charge is 2.14. The fourth-order valence-corrected chi connectivity index (χ4v) is 1.64. The van der Waals surface area contributed by atoms with Gasteiger partial charge in [-0.2, -0.15) is 0 Å². The lowest BCUT2D eigenvalue weighted by Gasteiger charge is -2.12. The zero-order valence-corrected chi connectivity index (χ0v) is 11.8. The lowest BCUT2D eigenvalue weighted by molar-refractivity contribution is -0.144. The van der Waals surface area contributed by atoms with E-state index in [2.05, 4.69) is 31.3 Å². The number of para-hydroxylation sites is 1. The van der Waals surface area contributed by atoms with Gasteiger partial charge in [-0.1, -0.05) is 19.1 Å². The van der Waals surface area contributed by atoms with Gasteiger partial charge >= 0.3 is 12.0 Å². The van der Waals surface area contributed by atoms with Gasteiger partial charge in [0.2, 0.25) is 0 Å². The fourth-order valence-electron chi connectivity index (χ4n) is 1.26. The first-order chi connectivity index (χ1) is 8.54. The van der Waals surface area contributed by atoms with Gasteiger partial charge in [-0.3, -0.25) is 4.79 Å². The number of halogens is 1. The SMILES string of the molecule is COC(=O)C(C)CNC(=O)Nc1ccccc1Br. The number of anilines is 1. The highest BCUT2D eigenvalue weighted by Crippen LogP contribution is 2.20. The molecule has 0 aliphatic carbocycles. The molecule has 0 radical (unpaired) electrons. The van der Waals surface area contributed by atoms with Crippen LogP contribution in [0, 0.1) is 5.92 Å². The van der Waals surface area contributed by atoms with Crippen LogP contribution in [0.1, 0.15) is 6.92 Å². The molecule has 5 nitrogen and oxygen atoms in total. The Morgan fingerprint density at radius 1 is 1.39 bits per heavy atom. The van der Waals surface area contributed by atoms with Crippen LogP contribution in [-0.4, -0.2) is 25.7 Å². The summed E-state index contributed by atoms with van der Waals surface area (Å²) in [6.45, 7) is 1.91. The maximum absolute atomic E-state index is 11.6. The van der Waals surface area contributed by atoms with Crippen LogP contribution in [0.3, 0.4) is 0 Å². The van der Waals surface area contributed by atoms with Gasteiger partial charge in [0.25, 0.3) is 0 Å². The minimum absolute atomic E-state index is 0.225. The molecule has 0 saturated heterocycles. The number of urea groups is 1. The molecule has 2 N–H and O–H groups in total. The summed E-state index contributed by atoms with van der Waals surface area (Å²) in [6, 6.07) is 6.90. The van der Waals surface area contributed by atoms with E-state index in [4.69, 9.17) is 0 Å². The second kappa shape index (κ2) is 7.00. The average Bonchev–Trinajstić information content (AvgIpc) is 2.37. The van der Waals surface area contributed by atoms with E-state index in [1.54, 1.807) is 13.0 Å². The summed E-state index contributed by atoms with van der Waals surface area (Å²) in [5, 5.41) is 5.28. The molecule has 0 aliphatic heterocycles. The van der Waals surface area contributed by atoms with Gasteiger partial charge in [-0.25, -0.2) is 4.79 Å². The normalized spacial score (nSPS) is 11.5. The Balaban J connectivity index is 2.43. The summed E-state index contributed by atoms with van der Waals surface area (Å²) in [4.78, 5) is 22.7. The first kappa shape index (κ1) is 14.5.